The number of hydrogen-bond donors (Lipinski definition) is 1. The summed E-state index contributed by atoms with van der Waals surface area (Å²) in [7, 11) is 1.63. The highest BCUT2D eigenvalue weighted by Gasteiger charge is 2.15. The first-order chi connectivity index (χ1) is 5.72. The molecule has 0 aliphatic carbocycles. The minimum absolute atomic E-state index is 0.102. The molecule has 0 amide bonds. The van der Waals surface area contributed by atoms with Crippen LogP contribution in [0.1, 0.15) is 20.8 Å². The lowest BCUT2D eigenvalue weighted by Gasteiger charge is -2.27. The van der Waals surface area contributed by atoms with Gasteiger partial charge in [-0.15, -0.1) is 0 Å². The van der Waals surface area contributed by atoms with Gasteiger partial charge in [0.1, 0.15) is 12.1 Å². The van der Waals surface area contributed by atoms with Crippen LogP contribution in [0.3, 0.4) is 0 Å². The fraction of sp³-hybridized carbons (Fsp3) is 0.667. The van der Waals surface area contributed by atoms with E-state index < -0.39 is 5.97 Å². The summed E-state index contributed by atoms with van der Waals surface area (Å²) in [6, 6.07) is 0. The molecule has 0 fully saturated rings. The minimum atomic E-state index is -0.902. The highest BCUT2D eigenvalue weighted by atomic mass is 16.5. The summed E-state index contributed by atoms with van der Waals surface area (Å²) in [5, 5.41) is 8.49. The summed E-state index contributed by atoms with van der Waals surface area (Å²) in [5.41, 5.74) is -0.343. The molecular formula is C9H17NO3. The van der Waals surface area contributed by atoms with Crippen LogP contribution in [0.25, 0.3) is 0 Å². The van der Waals surface area contributed by atoms with Crippen LogP contribution >= 0.6 is 0 Å². The lowest BCUT2D eigenvalue weighted by Crippen LogP contribution is -2.30. The Morgan fingerprint density at radius 3 is 2.31 bits per heavy atom. The van der Waals surface area contributed by atoms with Crippen molar-refractivity contribution < 1.29 is 14.6 Å². The van der Waals surface area contributed by atoms with E-state index in [1.807, 2.05) is 20.8 Å². The Morgan fingerprint density at radius 2 is 2.00 bits per heavy atom. The Balaban J connectivity index is 4.05. The first-order valence-electron chi connectivity index (χ1n) is 4.03. The van der Waals surface area contributed by atoms with Crippen LogP contribution < -0.4 is 0 Å². The second-order valence-electron chi connectivity index (χ2n) is 3.86. The van der Waals surface area contributed by atoms with Gasteiger partial charge >= 0.3 is 5.97 Å². The number of carbonyl (C=O) groups is 1. The van der Waals surface area contributed by atoms with E-state index >= 15 is 0 Å². The van der Waals surface area contributed by atoms with Crippen molar-refractivity contribution in [2.24, 2.45) is 0 Å². The van der Waals surface area contributed by atoms with Crippen LogP contribution in [0.4, 0.5) is 0 Å². The van der Waals surface area contributed by atoms with Gasteiger partial charge in [-0.25, -0.2) is 0 Å². The normalized spacial score (nSPS) is 10.8. The van der Waals surface area contributed by atoms with Gasteiger partial charge in [0.2, 0.25) is 0 Å². The molecular weight excluding hydrogens is 170 g/mol. The van der Waals surface area contributed by atoms with E-state index in [2.05, 4.69) is 6.58 Å². The molecule has 4 nitrogen and oxygen atoms in total. The molecule has 0 aromatic carbocycles. The van der Waals surface area contributed by atoms with Crippen LogP contribution in [0.15, 0.2) is 12.5 Å². The van der Waals surface area contributed by atoms with Crippen LogP contribution in [0, 0.1) is 0 Å². The first-order valence-corrected chi connectivity index (χ1v) is 4.03. The maximum absolute atomic E-state index is 10.3. The number of ether oxygens (including phenoxy) is 1. The Morgan fingerprint density at radius 1 is 1.54 bits per heavy atom. The summed E-state index contributed by atoms with van der Waals surface area (Å²) in [5.74, 6) is -0.531. The van der Waals surface area contributed by atoms with Crippen LogP contribution in [0.2, 0.25) is 0 Å². The standard InChI is InChI=1S/C9H17NO3/c1-7(13-9(2,3)4)10(5)6-8(11)12/h1,6H2,2-5H3,(H,11,12). The van der Waals surface area contributed by atoms with Crippen molar-refractivity contribution in [2.45, 2.75) is 26.4 Å². The van der Waals surface area contributed by atoms with Gasteiger partial charge < -0.3 is 14.7 Å². The zero-order valence-electron chi connectivity index (χ0n) is 8.63. The van der Waals surface area contributed by atoms with Gasteiger partial charge in [-0.3, -0.25) is 4.79 Å². The largest absolute Gasteiger partial charge is 0.480 e. The van der Waals surface area contributed by atoms with Crippen molar-refractivity contribution >= 4 is 5.97 Å². The zero-order valence-corrected chi connectivity index (χ0v) is 8.63. The second kappa shape index (κ2) is 4.16. The lowest BCUT2D eigenvalue weighted by molar-refractivity contribution is -0.138. The number of nitrogens with zero attached hydrogens (tertiary/aromatic N) is 1. The van der Waals surface area contributed by atoms with Gasteiger partial charge in [0.25, 0.3) is 0 Å². The third-order valence-corrected chi connectivity index (χ3v) is 1.22. The molecule has 13 heavy (non-hydrogen) atoms. The van der Waals surface area contributed by atoms with Crippen molar-refractivity contribution in [2.75, 3.05) is 13.6 Å². The summed E-state index contributed by atoms with van der Waals surface area (Å²) >= 11 is 0. The molecule has 0 aliphatic heterocycles. The molecule has 4 heteroatoms. The Bertz CT molecular complexity index is 205. The van der Waals surface area contributed by atoms with E-state index in [1.165, 1.54) is 4.90 Å². The highest BCUT2D eigenvalue weighted by Crippen LogP contribution is 2.13. The third-order valence-electron chi connectivity index (χ3n) is 1.22. The zero-order chi connectivity index (χ0) is 10.6. The Labute approximate surface area is 78.8 Å². The fourth-order valence-corrected chi connectivity index (χ4v) is 0.722. The molecule has 0 saturated carbocycles. The average Bonchev–Trinajstić information content (AvgIpc) is 1.81. The molecule has 0 aliphatic rings. The molecule has 0 saturated heterocycles. The van der Waals surface area contributed by atoms with Gasteiger partial charge in [-0.05, 0) is 27.4 Å². The summed E-state index contributed by atoms with van der Waals surface area (Å²) < 4.78 is 5.37. The highest BCUT2D eigenvalue weighted by molar-refractivity contribution is 5.69. The van der Waals surface area contributed by atoms with Crippen molar-refractivity contribution in [3.63, 3.8) is 0 Å². The molecule has 0 radical (unpaired) electrons. The van der Waals surface area contributed by atoms with Gasteiger partial charge in [0.05, 0.1) is 0 Å². The maximum atomic E-state index is 10.3. The average molecular weight is 187 g/mol. The molecule has 0 aromatic heterocycles. The number of aliphatic carboxylic acids is 1. The molecule has 0 bridgehead atoms. The van der Waals surface area contributed by atoms with Gasteiger partial charge in [0.15, 0.2) is 5.88 Å². The van der Waals surface area contributed by atoms with Crippen molar-refractivity contribution in [3.05, 3.63) is 12.5 Å². The van der Waals surface area contributed by atoms with Crippen molar-refractivity contribution in [1.82, 2.24) is 4.90 Å². The molecule has 0 rings (SSSR count). The van der Waals surface area contributed by atoms with Crippen LogP contribution in [-0.2, 0) is 9.53 Å². The van der Waals surface area contributed by atoms with E-state index in [0.717, 1.165) is 0 Å². The topological polar surface area (TPSA) is 49.8 Å². The minimum Gasteiger partial charge on any atom is -0.480 e. The number of carboxylic acid groups (broad SMARTS) is 1. The monoisotopic (exact) mass is 187 g/mol. The quantitative estimate of drug-likeness (QED) is 0.674. The fourth-order valence-electron chi connectivity index (χ4n) is 0.722. The molecule has 0 atom stereocenters. The van der Waals surface area contributed by atoms with E-state index in [1.54, 1.807) is 7.05 Å². The summed E-state index contributed by atoms with van der Waals surface area (Å²) in [6.45, 7) is 9.18. The lowest BCUT2D eigenvalue weighted by atomic mass is 10.2. The predicted molar refractivity (Wildman–Crippen MR) is 50.2 cm³/mol. The molecule has 0 unspecified atom stereocenters. The maximum Gasteiger partial charge on any atom is 0.323 e. The molecule has 76 valence electrons. The number of hydrogen-bond acceptors (Lipinski definition) is 3. The van der Waals surface area contributed by atoms with Gasteiger partial charge in [0, 0.05) is 7.05 Å². The molecule has 0 heterocycles. The first kappa shape index (κ1) is 11.8. The van der Waals surface area contributed by atoms with Crippen LogP contribution in [-0.4, -0.2) is 35.2 Å². The van der Waals surface area contributed by atoms with E-state index in [9.17, 15) is 4.79 Å². The Hall–Kier alpha value is -1.19. The van der Waals surface area contributed by atoms with E-state index in [-0.39, 0.29) is 12.1 Å². The number of carboxylic acids is 1. The number of rotatable bonds is 4. The number of likely N-dealkylation sites (N-methyl/N-ethyl adjacent to an activating group) is 1. The predicted octanol–water partition coefficient (Wildman–Crippen LogP) is 1.29. The van der Waals surface area contributed by atoms with Crippen molar-refractivity contribution in [1.29, 1.82) is 0 Å². The van der Waals surface area contributed by atoms with Gasteiger partial charge in [-0.1, -0.05) is 0 Å². The molecule has 1 N–H and O–H groups in total. The smallest absolute Gasteiger partial charge is 0.323 e. The SMILES string of the molecule is C=C(OC(C)(C)C)N(C)CC(=O)O. The van der Waals surface area contributed by atoms with E-state index in [0.29, 0.717) is 5.88 Å². The molecule has 0 spiro atoms. The summed E-state index contributed by atoms with van der Waals surface area (Å²) in [6.07, 6.45) is 0. The second-order valence-corrected chi connectivity index (χ2v) is 3.86. The third kappa shape index (κ3) is 6.02. The van der Waals surface area contributed by atoms with Crippen LogP contribution in [0.5, 0.6) is 0 Å². The molecule has 0 aromatic rings. The van der Waals surface area contributed by atoms with Gasteiger partial charge in [-0.2, -0.15) is 0 Å². The van der Waals surface area contributed by atoms with Crippen molar-refractivity contribution in [3.8, 4) is 0 Å². The Kier molecular flexibility index (Phi) is 3.78. The van der Waals surface area contributed by atoms with E-state index in [4.69, 9.17) is 9.84 Å². The summed E-state index contributed by atoms with van der Waals surface area (Å²) in [4.78, 5) is 11.8.